The number of aromatic nitrogens is 2. The average molecular weight is 418 g/mol. The molecule has 2 aliphatic rings. The Labute approximate surface area is 182 Å². The van der Waals surface area contributed by atoms with Crippen LogP contribution in [0, 0.1) is 6.92 Å². The number of allylic oxidation sites excluding steroid dienone is 1. The summed E-state index contributed by atoms with van der Waals surface area (Å²) in [4.78, 5) is 14.8. The molecule has 1 aliphatic carbocycles. The lowest BCUT2D eigenvalue weighted by Crippen LogP contribution is -2.33. The van der Waals surface area contributed by atoms with E-state index in [-0.39, 0.29) is 0 Å². The molecular formula is C25H27N3OS. The van der Waals surface area contributed by atoms with Crippen LogP contribution in [0.2, 0.25) is 0 Å². The number of thioether (sulfide) groups is 1. The molecule has 0 spiro atoms. The standard InChI is InChI=1S/C25H27N3OS/c1-18-8-10-21(11-9-18)30-24-7-3-2-5-19(24)16-28-13-12-22-20(17-28)15-26-25(27-22)23-6-4-14-29-23/h4,6,8-11,14-15H,2-3,5,7,12-13,16-17H2,1H3. The van der Waals surface area contributed by atoms with Crippen LogP contribution in [-0.2, 0) is 13.0 Å². The maximum Gasteiger partial charge on any atom is 0.195 e. The molecule has 0 saturated heterocycles. The second kappa shape index (κ2) is 8.78. The lowest BCUT2D eigenvalue weighted by atomic mass is 9.97. The minimum Gasteiger partial charge on any atom is -0.461 e. The first kappa shape index (κ1) is 19.6. The van der Waals surface area contributed by atoms with E-state index in [1.54, 1.807) is 16.7 Å². The molecule has 0 amide bonds. The van der Waals surface area contributed by atoms with Crippen molar-refractivity contribution in [3.05, 3.63) is 76.2 Å². The number of benzene rings is 1. The minimum absolute atomic E-state index is 0.693. The van der Waals surface area contributed by atoms with Crippen LogP contribution in [0.4, 0.5) is 0 Å². The Morgan fingerprint density at radius 3 is 2.77 bits per heavy atom. The zero-order valence-electron chi connectivity index (χ0n) is 17.4. The third kappa shape index (κ3) is 4.37. The zero-order valence-corrected chi connectivity index (χ0v) is 18.3. The largest absolute Gasteiger partial charge is 0.461 e. The Morgan fingerprint density at radius 2 is 1.93 bits per heavy atom. The quantitative estimate of drug-likeness (QED) is 0.507. The third-order valence-electron chi connectivity index (χ3n) is 5.96. The second-order valence-electron chi connectivity index (χ2n) is 8.25. The third-order valence-corrected chi connectivity index (χ3v) is 7.20. The molecule has 0 saturated carbocycles. The highest BCUT2D eigenvalue weighted by molar-refractivity contribution is 8.03. The molecule has 0 fully saturated rings. The number of hydrogen-bond acceptors (Lipinski definition) is 5. The van der Waals surface area contributed by atoms with Gasteiger partial charge in [0.05, 0.1) is 12.0 Å². The summed E-state index contributed by atoms with van der Waals surface area (Å²) in [5.41, 5.74) is 5.37. The van der Waals surface area contributed by atoms with Crippen LogP contribution >= 0.6 is 11.8 Å². The molecule has 5 rings (SSSR count). The molecule has 0 bridgehead atoms. The first-order valence-electron chi connectivity index (χ1n) is 10.8. The predicted octanol–water partition coefficient (Wildman–Crippen LogP) is 6.02. The number of furan rings is 1. The van der Waals surface area contributed by atoms with Crippen LogP contribution in [0.3, 0.4) is 0 Å². The highest BCUT2D eigenvalue weighted by Gasteiger charge is 2.22. The molecule has 0 radical (unpaired) electrons. The Morgan fingerprint density at radius 1 is 1.07 bits per heavy atom. The predicted molar refractivity (Wildman–Crippen MR) is 121 cm³/mol. The van der Waals surface area contributed by atoms with Crippen LogP contribution in [-0.4, -0.2) is 28.0 Å². The fourth-order valence-corrected chi connectivity index (χ4v) is 5.40. The molecule has 1 aromatic carbocycles. The van der Waals surface area contributed by atoms with Crippen molar-refractivity contribution >= 4 is 11.8 Å². The molecule has 0 N–H and O–H groups in total. The SMILES string of the molecule is Cc1ccc(SC2=C(CN3CCc4nc(-c5ccco5)ncc4C3)CCCC2)cc1. The lowest BCUT2D eigenvalue weighted by molar-refractivity contribution is 0.268. The molecule has 154 valence electrons. The minimum atomic E-state index is 0.693. The fourth-order valence-electron chi connectivity index (χ4n) is 4.28. The summed E-state index contributed by atoms with van der Waals surface area (Å²) in [7, 11) is 0. The molecular weight excluding hydrogens is 390 g/mol. The van der Waals surface area contributed by atoms with Gasteiger partial charge in [0.15, 0.2) is 11.6 Å². The average Bonchev–Trinajstić information content (AvgIpc) is 3.31. The number of aryl methyl sites for hydroxylation is 1. The Kier molecular flexibility index (Phi) is 5.73. The van der Waals surface area contributed by atoms with Crippen molar-refractivity contribution in [1.82, 2.24) is 14.9 Å². The molecule has 30 heavy (non-hydrogen) atoms. The molecule has 1 aliphatic heterocycles. The molecule has 0 unspecified atom stereocenters. The van der Waals surface area contributed by atoms with E-state index in [1.807, 2.05) is 30.1 Å². The van der Waals surface area contributed by atoms with Crippen LogP contribution in [0.1, 0.15) is 42.5 Å². The molecule has 5 heteroatoms. The van der Waals surface area contributed by atoms with E-state index in [0.717, 1.165) is 31.8 Å². The Balaban J connectivity index is 1.30. The van der Waals surface area contributed by atoms with Gasteiger partial charge in [-0.3, -0.25) is 4.90 Å². The van der Waals surface area contributed by atoms with Gasteiger partial charge in [0, 0.05) is 42.7 Å². The summed E-state index contributed by atoms with van der Waals surface area (Å²) in [6.07, 6.45) is 9.70. The molecule has 4 nitrogen and oxygen atoms in total. The van der Waals surface area contributed by atoms with Crippen molar-refractivity contribution in [1.29, 1.82) is 0 Å². The van der Waals surface area contributed by atoms with Gasteiger partial charge < -0.3 is 4.42 Å². The maximum absolute atomic E-state index is 5.46. The van der Waals surface area contributed by atoms with Gasteiger partial charge in [0.25, 0.3) is 0 Å². The van der Waals surface area contributed by atoms with Gasteiger partial charge in [0.2, 0.25) is 0 Å². The van der Waals surface area contributed by atoms with E-state index in [4.69, 9.17) is 9.40 Å². The maximum atomic E-state index is 5.46. The highest BCUT2D eigenvalue weighted by Crippen LogP contribution is 2.38. The molecule has 2 aromatic heterocycles. The Hall–Kier alpha value is -2.37. The number of rotatable bonds is 5. The van der Waals surface area contributed by atoms with E-state index in [0.29, 0.717) is 5.82 Å². The molecule has 0 atom stereocenters. The lowest BCUT2D eigenvalue weighted by Gasteiger charge is -2.31. The van der Waals surface area contributed by atoms with Crippen LogP contribution in [0.5, 0.6) is 0 Å². The van der Waals surface area contributed by atoms with Gasteiger partial charge in [0.1, 0.15) is 0 Å². The van der Waals surface area contributed by atoms with Crippen molar-refractivity contribution in [2.75, 3.05) is 13.1 Å². The smallest absolute Gasteiger partial charge is 0.195 e. The van der Waals surface area contributed by atoms with Gasteiger partial charge in [-0.05, 0) is 67.4 Å². The zero-order chi connectivity index (χ0) is 20.3. The summed E-state index contributed by atoms with van der Waals surface area (Å²) in [6, 6.07) is 12.7. The summed E-state index contributed by atoms with van der Waals surface area (Å²) < 4.78 is 5.46. The molecule has 3 heterocycles. The summed E-state index contributed by atoms with van der Waals surface area (Å²) in [6.45, 7) is 5.19. The van der Waals surface area contributed by atoms with Crippen LogP contribution < -0.4 is 0 Å². The summed E-state index contributed by atoms with van der Waals surface area (Å²) >= 11 is 1.97. The molecule has 3 aromatic rings. The number of nitrogens with zero attached hydrogens (tertiary/aromatic N) is 3. The van der Waals surface area contributed by atoms with Crippen LogP contribution in [0.15, 0.2) is 68.6 Å². The van der Waals surface area contributed by atoms with Gasteiger partial charge in [-0.2, -0.15) is 0 Å². The van der Waals surface area contributed by atoms with Gasteiger partial charge in [-0.1, -0.05) is 29.5 Å². The van der Waals surface area contributed by atoms with Crippen molar-refractivity contribution in [3.8, 4) is 11.6 Å². The van der Waals surface area contributed by atoms with E-state index in [9.17, 15) is 0 Å². The van der Waals surface area contributed by atoms with Gasteiger partial charge >= 0.3 is 0 Å². The van der Waals surface area contributed by atoms with E-state index in [1.165, 1.54) is 47.4 Å². The van der Waals surface area contributed by atoms with Crippen LogP contribution in [0.25, 0.3) is 11.6 Å². The first-order valence-corrected chi connectivity index (χ1v) is 11.6. The second-order valence-corrected chi connectivity index (χ2v) is 9.42. The van der Waals surface area contributed by atoms with E-state index >= 15 is 0 Å². The fraction of sp³-hybridized carbons (Fsp3) is 0.360. The highest BCUT2D eigenvalue weighted by atomic mass is 32.2. The van der Waals surface area contributed by atoms with Gasteiger partial charge in [-0.25, -0.2) is 9.97 Å². The van der Waals surface area contributed by atoms with Crippen molar-refractivity contribution in [2.24, 2.45) is 0 Å². The first-order chi connectivity index (χ1) is 14.7. The monoisotopic (exact) mass is 417 g/mol. The van der Waals surface area contributed by atoms with Crippen molar-refractivity contribution in [3.63, 3.8) is 0 Å². The number of fused-ring (bicyclic) bond motifs is 1. The summed E-state index contributed by atoms with van der Waals surface area (Å²) in [5.74, 6) is 1.43. The normalized spacial score (nSPS) is 17.2. The van der Waals surface area contributed by atoms with Crippen molar-refractivity contribution < 1.29 is 4.42 Å². The van der Waals surface area contributed by atoms with E-state index < -0.39 is 0 Å². The summed E-state index contributed by atoms with van der Waals surface area (Å²) in [5, 5.41) is 0. The Bertz CT molecular complexity index is 1040. The number of hydrogen-bond donors (Lipinski definition) is 0. The van der Waals surface area contributed by atoms with Gasteiger partial charge in [-0.15, -0.1) is 0 Å². The van der Waals surface area contributed by atoms with E-state index in [2.05, 4.69) is 41.1 Å². The van der Waals surface area contributed by atoms with Crippen molar-refractivity contribution in [2.45, 2.75) is 50.5 Å². The topological polar surface area (TPSA) is 42.2 Å².